The maximum atomic E-state index is 13.1. The molecule has 0 unspecified atom stereocenters. The van der Waals surface area contributed by atoms with Crippen LogP contribution >= 0.6 is 11.6 Å². The van der Waals surface area contributed by atoms with E-state index in [-0.39, 0.29) is 18.1 Å². The van der Waals surface area contributed by atoms with Gasteiger partial charge in [0, 0.05) is 22.8 Å². The molecule has 2 amide bonds. The van der Waals surface area contributed by atoms with Crippen LogP contribution in [0.5, 0.6) is 11.5 Å². The van der Waals surface area contributed by atoms with Gasteiger partial charge in [0.1, 0.15) is 17.2 Å². The monoisotopic (exact) mass is 497 g/mol. The van der Waals surface area contributed by atoms with Crippen LogP contribution in [0.2, 0.25) is 5.02 Å². The first kappa shape index (κ1) is 24.6. The SMILES string of the molecule is Nc1ccccc1CNC(=O)/C(=C\c1ccc(Oc2ccc(Cl)cc2)cc1)NC(=O)c1ccccc1. The summed E-state index contributed by atoms with van der Waals surface area (Å²) < 4.78 is 5.82. The van der Waals surface area contributed by atoms with E-state index in [1.165, 1.54) is 0 Å². The lowest BCUT2D eigenvalue weighted by atomic mass is 10.1. The van der Waals surface area contributed by atoms with Crippen LogP contribution in [0.1, 0.15) is 21.5 Å². The Labute approximate surface area is 214 Å². The molecule has 6 nitrogen and oxygen atoms in total. The van der Waals surface area contributed by atoms with Gasteiger partial charge >= 0.3 is 0 Å². The average molecular weight is 498 g/mol. The number of nitrogens with one attached hydrogen (secondary N) is 2. The van der Waals surface area contributed by atoms with Crippen molar-refractivity contribution in [3.63, 3.8) is 0 Å². The molecule has 0 spiro atoms. The number of hydrogen-bond acceptors (Lipinski definition) is 4. The van der Waals surface area contributed by atoms with Gasteiger partial charge in [-0.05, 0) is 71.8 Å². The fourth-order valence-corrected chi connectivity index (χ4v) is 3.47. The summed E-state index contributed by atoms with van der Waals surface area (Å²) in [6.45, 7) is 0.220. The molecule has 4 aromatic rings. The highest BCUT2D eigenvalue weighted by Crippen LogP contribution is 2.24. The first-order chi connectivity index (χ1) is 17.5. The van der Waals surface area contributed by atoms with Gasteiger partial charge in [-0.1, -0.05) is 60.1 Å². The number of amides is 2. The molecule has 4 N–H and O–H groups in total. The molecular weight excluding hydrogens is 474 g/mol. The maximum Gasteiger partial charge on any atom is 0.268 e. The second kappa shape index (κ2) is 11.7. The number of rotatable bonds is 8. The molecule has 0 aliphatic carbocycles. The Kier molecular flexibility index (Phi) is 8.01. The van der Waals surface area contributed by atoms with Crippen LogP contribution in [0.15, 0.2) is 109 Å². The highest BCUT2D eigenvalue weighted by Gasteiger charge is 2.15. The average Bonchev–Trinajstić information content (AvgIpc) is 2.90. The van der Waals surface area contributed by atoms with Crippen LogP contribution in [0.3, 0.4) is 0 Å². The van der Waals surface area contributed by atoms with Gasteiger partial charge in [-0.25, -0.2) is 0 Å². The van der Waals surface area contributed by atoms with Crippen LogP contribution in [-0.4, -0.2) is 11.8 Å². The van der Waals surface area contributed by atoms with Crippen LogP contribution in [0.25, 0.3) is 6.08 Å². The Bertz CT molecular complexity index is 1370. The molecule has 0 aromatic heterocycles. The van der Waals surface area contributed by atoms with Gasteiger partial charge in [-0.2, -0.15) is 0 Å². The zero-order valence-electron chi connectivity index (χ0n) is 19.3. The molecule has 180 valence electrons. The molecule has 0 heterocycles. The number of para-hydroxylation sites is 1. The lowest BCUT2D eigenvalue weighted by Crippen LogP contribution is -2.34. The van der Waals surface area contributed by atoms with Crippen LogP contribution in [0, 0.1) is 0 Å². The topological polar surface area (TPSA) is 93.4 Å². The van der Waals surface area contributed by atoms with E-state index in [1.807, 2.05) is 24.3 Å². The number of carbonyl (C=O) groups excluding carboxylic acids is 2. The molecule has 0 fully saturated rings. The molecule has 4 aromatic carbocycles. The van der Waals surface area contributed by atoms with Gasteiger partial charge in [-0.15, -0.1) is 0 Å². The number of hydrogen-bond donors (Lipinski definition) is 3. The largest absolute Gasteiger partial charge is 0.457 e. The van der Waals surface area contributed by atoms with Crippen molar-refractivity contribution in [2.24, 2.45) is 0 Å². The van der Waals surface area contributed by atoms with Gasteiger partial charge < -0.3 is 21.1 Å². The molecule has 0 saturated carbocycles. The predicted molar refractivity (Wildman–Crippen MR) is 143 cm³/mol. The molecule has 0 bridgehead atoms. The fourth-order valence-electron chi connectivity index (χ4n) is 3.35. The molecule has 0 saturated heterocycles. The van der Waals surface area contributed by atoms with Crippen molar-refractivity contribution >= 4 is 35.2 Å². The van der Waals surface area contributed by atoms with E-state index in [1.54, 1.807) is 84.9 Å². The summed E-state index contributed by atoms with van der Waals surface area (Å²) in [4.78, 5) is 25.8. The Balaban J connectivity index is 1.53. The van der Waals surface area contributed by atoms with Crippen molar-refractivity contribution in [1.29, 1.82) is 0 Å². The van der Waals surface area contributed by atoms with E-state index in [2.05, 4.69) is 10.6 Å². The van der Waals surface area contributed by atoms with Crippen LogP contribution in [-0.2, 0) is 11.3 Å². The van der Waals surface area contributed by atoms with Crippen molar-refractivity contribution in [3.8, 4) is 11.5 Å². The molecule has 0 aliphatic rings. The highest BCUT2D eigenvalue weighted by atomic mass is 35.5. The number of anilines is 1. The smallest absolute Gasteiger partial charge is 0.268 e. The standard InChI is InChI=1S/C29H24ClN3O3/c30-23-12-16-25(17-13-23)36-24-14-10-20(11-15-24)18-27(33-28(34)21-6-2-1-3-7-21)29(35)32-19-22-8-4-5-9-26(22)31/h1-18H,19,31H2,(H,32,35)(H,33,34)/b27-18+. The van der Waals surface area contributed by atoms with Crippen molar-refractivity contribution in [1.82, 2.24) is 10.6 Å². The molecule has 0 radical (unpaired) electrons. The number of nitrogen functional groups attached to an aromatic ring is 1. The van der Waals surface area contributed by atoms with E-state index in [4.69, 9.17) is 22.1 Å². The van der Waals surface area contributed by atoms with E-state index < -0.39 is 5.91 Å². The van der Waals surface area contributed by atoms with Gasteiger partial charge in [0.15, 0.2) is 0 Å². The normalized spacial score (nSPS) is 11.0. The van der Waals surface area contributed by atoms with Gasteiger partial charge in [0.2, 0.25) is 0 Å². The molecule has 36 heavy (non-hydrogen) atoms. The van der Waals surface area contributed by atoms with Gasteiger partial charge in [0.05, 0.1) is 0 Å². The molecular formula is C29H24ClN3O3. The summed E-state index contributed by atoms with van der Waals surface area (Å²) in [6, 6.07) is 30.2. The second-order valence-corrected chi connectivity index (χ2v) is 8.32. The highest BCUT2D eigenvalue weighted by molar-refractivity contribution is 6.30. The molecule has 7 heteroatoms. The van der Waals surface area contributed by atoms with Crippen molar-refractivity contribution in [2.45, 2.75) is 6.54 Å². The summed E-state index contributed by atoms with van der Waals surface area (Å²) in [7, 11) is 0. The van der Waals surface area contributed by atoms with Crippen LogP contribution < -0.4 is 21.1 Å². The summed E-state index contributed by atoms with van der Waals surface area (Å²) in [6.07, 6.45) is 1.61. The summed E-state index contributed by atoms with van der Waals surface area (Å²) >= 11 is 5.92. The van der Waals surface area contributed by atoms with Crippen molar-refractivity contribution in [3.05, 3.63) is 131 Å². The summed E-state index contributed by atoms with van der Waals surface area (Å²) in [5.74, 6) is 0.439. The number of halogens is 1. The number of ether oxygens (including phenoxy) is 1. The van der Waals surface area contributed by atoms with Crippen molar-refractivity contribution < 1.29 is 14.3 Å². The Morgan fingerprint density at radius 1 is 0.806 bits per heavy atom. The third-order valence-electron chi connectivity index (χ3n) is 5.26. The predicted octanol–water partition coefficient (Wildman–Crippen LogP) is 5.80. The fraction of sp³-hybridized carbons (Fsp3) is 0.0345. The van der Waals surface area contributed by atoms with Gasteiger partial charge in [0.25, 0.3) is 11.8 Å². The first-order valence-electron chi connectivity index (χ1n) is 11.2. The zero-order valence-corrected chi connectivity index (χ0v) is 20.0. The maximum absolute atomic E-state index is 13.1. The first-order valence-corrected chi connectivity index (χ1v) is 11.6. The quantitative estimate of drug-likeness (QED) is 0.212. The number of nitrogens with two attached hydrogens (primary N) is 1. The van der Waals surface area contributed by atoms with E-state index in [9.17, 15) is 9.59 Å². The third-order valence-corrected chi connectivity index (χ3v) is 5.52. The Hall–Kier alpha value is -4.55. The minimum Gasteiger partial charge on any atom is -0.457 e. The van der Waals surface area contributed by atoms with E-state index >= 15 is 0 Å². The zero-order chi connectivity index (χ0) is 25.3. The minimum absolute atomic E-state index is 0.102. The lowest BCUT2D eigenvalue weighted by molar-refractivity contribution is -0.117. The number of carbonyl (C=O) groups is 2. The molecule has 0 aliphatic heterocycles. The van der Waals surface area contributed by atoms with E-state index in [0.29, 0.717) is 33.3 Å². The molecule has 4 rings (SSSR count). The Morgan fingerprint density at radius 3 is 2.08 bits per heavy atom. The summed E-state index contributed by atoms with van der Waals surface area (Å²) in [5.41, 5.74) is 8.59. The number of benzene rings is 4. The Morgan fingerprint density at radius 2 is 1.42 bits per heavy atom. The van der Waals surface area contributed by atoms with E-state index in [0.717, 1.165) is 5.56 Å². The van der Waals surface area contributed by atoms with Crippen LogP contribution in [0.4, 0.5) is 5.69 Å². The second-order valence-electron chi connectivity index (χ2n) is 7.88. The minimum atomic E-state index is -0.441. The molecule has 0 atom stereocenters. The lowest BCUT2D eigenvalue weighted by Gasteiger charge is -2.12. The van der Waals surface area contributed by atoms with Gasteiger partial charge in [-0.3, -0.25) is 9.59 Å². The summed E-state index contributed by atoms with van der Waals surface area (Å²) in [5, 5.41) is 6.18. The van der Waals surface area contributed by atoms with Crippen molar-refractivity contribution in [2.75, 3.05) is 5.73 Å². The third kappa shape index (κ3) is 6.74.